The topological polar surface area (TPSA) is 72.2 Å². The Labute approximate surface area is 117 Å². The molecule has 0 heterocycles. The Morgan fingerprint density at radius 2 is 1.84 bits per heavy atom. The number of hydrogen-bond acceptors (Lipinski definition) is 3. The minimum absolute atomic E-state index is 0.0403. The molecule has 0 aliphatic rings. The van der Waals surface area contributed by atoms with Crippen molar-refractivity contribution in [1.29, 1.82) is 0 Å². The maximum Gasteiger partial charge on any atom is 0.263 e. The number of nitrogens with two attached hydrogens (primary N) is 1. The number of hydrogen-bond donors (Lipinski definition) is 2. The molecule has 0 spiro atoms. The van der Waals surface area contributed by atoms with Gasteiger partial charge in [0.1, 0.15) is 4.90 Å². The third-order valence-corrected chi connectivity index (χ3v) is 4.50. The zero-order chi connectivity index (χ0) is 14.0. The Hall–Kier alpha value is -1.72. The standard InChI is InChI=1S/C13H13ClN2O2S/c1-9-6-7-10(15)8-12(9)16-19(17,18)13-5-3-2-4-11(13)14/h2-8,16H,15H2,1H3. The third-order valence-electron chi connectivity index (χ3n) is 2.63. The van der Waals surface area contributed by atoms with E-state index in [4.69, 9.17) is 17.3 Å². The van der Waals surface area contributed by atoms with Crippen molar-refractivity contribution in [3.8, 4) is 0 Å². The van der Waals surface area contributed by atoms with Gasteiger partial charge in [-0.3, -0.25) is 4.72 Å². The van der Waals surface area contributed by atoms with Gasteiger partial charge >= 0.3 is 0 Å². The van der Waals surface area contributed by atoms with Gasteiger partial charge in [-0.25, -0.2) is 8.42 Å². The summed E-state index contributed by atoms with van der Waals surface area (Å²) in [6, 6.07) is 11.3. The quantitative estimate of drug-likeness (QED) is 0.855. The van der Waals surface area contributed by atoms with Gasteiger partial charge in [0, 0.05) is 5.69 Å². The van der Waals surface area contributed by atoms with Gasteiger partial charge in [-0.2, -0.15) is 0 Å². The lowest BCUT2D eigenvalue weighted by molar-refractivity contribution is 0.601. The van der Waals surface area contributed by atoms with E-state index < -0.39 is 10.0 Å². The summed E-state index contributed by atoms with van der Waals surface area (Å²) >= 11 is 5.90. The number of sulfonamides is 1. The molecule has 0 saturated carbocycles. The molecule has 0 unspecified atom stereocenters. The highest BCUT2D eigenvalue weighted by molar-refractivity contribution is 7.92. The Kier molecular flexibility index (Phi) is 3.68. The van der Waals surface area contributed by atoms with E-state index >= 15 is 0 Å². The van der Waals surface area contributed by atoms with Gasteiger partial charge in [0.2, 0.25) is 0 Å². The minimum Gasteiger partial charge on any atom is -0.399 e. The fourth-order valence-corrected chi connectivity index (χ4v) is 3.25. The second-order valence-corrected chi connectivity index (χ2v) is 6.17. The first-order chi connectivity index (χ1) is 8.90. The highest BCUT2D eigenvalue weighted by Crippen LogP contribution is 2.25. The van der Waals surface area contributed by atoms with Crippen LogP contribution in [0.4, 0.5) is 11.4 Å². The normalized spacial score (nSPS) is 11.3. The predicted molar refractivity (Wildman–Crippen MR) is 77.9 cm³/mol. The molecule has 0 aromatic heterocycles. The van der Waals surface area contributed by atoms with Gasteiger partial charge in [0.05, 0.1) is 10.7 Å². The van der Waals surface area contributed by atoms with Crippen LogP contribution in [-0.4, -0.2) is 8.42 Å². The van der Waals surface area contributed by atoms with E-state index in [9.17, 15) is 8.42 Å². The average molecular weight is 297 g/mol. The number of nitrogens with one attached hydrogen (secondary N) is 1. The second-order valence-electron chi connectivity index (χ2n) is 4.11. The minimum atomic E-state index is -3.72. The molecule has 0 radical (unpaired) electrons. The summed E-state index contributed by atoms with van der Waals surface area (Å²) in [4.78, 5) is 0.0403. The van der Waals surface area contributed by atoms with Crippen LogP contribution >= 0.6 is 11.6 Å². The van der Waals surface area contributed by atoms with E-state index in [1.54, 1.807) is 37.3 Å². The highest BCUT2D eigenvalue weighted by atomic mass is 35.5. The maximum atomic E-state index is 12.2. The number of rotatable bonds is 3. The predicted octanol–water partition coefficient (Wildman–Crippen LogP) is 3.03. The van der Waals surface area contributed by atoms with Crippen LogP contribution in [0.5, 0.6) is 0 Å². The van der Waals surface area contributed by atoms with Crippen molar-refractivity contribution in [2.75, 3.05) is 10.5 Å². The molecule has 0 amide bonds. The highest BCUT2D eigenvalue weighted by Gasteiger charge is 2.18. The molecule has 3 N–H and O–H groups in total. The number of anilines is 2. The van der Waals surface area contributed by atoms with Crippen molar-refractivity contribution in [3.05, 3.63) is 53.1 Å². The first kappa shape index (κ1) is 13.7. The van der Waals surface area contributed by atoms with Gasteiger partial charge in [0.15, 0.2) is 0 Å². The molecule has 0 saturated heterocycles. The van der Waals surface area contributed by atoms with Gasteiger partial charge in [0.25, 0.3) is 10.0 Å². The van der Waals surface area contributed by atoms with Crippen molar-refractivity contribution in [1.82, 2.24) is 0 Å². The van der Waals surface area contributed by atoms with Crippen molar-refractivity contribution >= 4 is 33.0 Å². The average Bonchev–Trinajstić information content (AvgIpc) is 2.34. The zero-order valence-corrected chi connectivity index (χ0v) is 11.8. The van der Waals surface area contributed by atoms with Crippen LogP contribution in [0.3, 0.4) is 0 Å². The molecule has 6 heteroatoms. The molecule has 4 nitrogen and oxygen atoms in total. The van der Waals surface area contributed by atoms with Crippen molar-refractivity contribution in [2.45, 2.75) is 11.8 Å². The van der Waals surface area contributed by atoms with E-state index in [0.717, 1.165) is 5.56 Å². The Bertz CT molecular complexity index is 714. The Morgan fingerprint density at radius 3 is 2.53 bits per heavy atom. The number of nitrogen functional groups attached to an aromatic ring is 1. The maximum absolute atomic E-state index is 12.2. The number of halogens is 1. The molecule has 19 heavy (non-hydrogen) atoms. The summed E-state index contributed by atoms with van der Waals surface area (Å²) in [5.41, 5.74) is 7.37. The van der Waals surface area contributed by atoms with Crippen molar-refractivity contribution in [2.24, 2.45) is 0 Å². The van der Waals surface area contributed by atoms with Crippen LogP contribution in [0.1, 0.15) is 5.56 Å². The van der Waals surface area contributed by atoms with Gasteiger partial charge in [-0.05, 0) is 36.8 Å². The third kappa shape index (κ3) is 3.00. The van der Waals surface area contributed by atoms with E-state index in [0.29, 0.717) is 11.4 Å². The van der Waals surface area contributed by atoms with Crippen LogP contribution < -0.4 is 10.5 Å². The SMILES string of the molecule is Cc1ccc(N)cc1NS(=O)(=O)c1ccccc1Cl. The molecule has 2 aromatic carbocycles. The van der Waals surface area contributed by atoms with Crippen molar-refractivity contribution in [3.63, 3.8) is 0 Å². The van der Waals surface area contributed by atoms with E-state index in [1.807, 2.05) is 0 Å². The van der Waals surface area contributed by atoms with E-state index in [1.165, 1.54) is 12.1 Å². The molecule has 0 aliphatic carbocycles. The summed E-state index contributed by atoms with van der Waals surface area (Å²) < 4.78 is 27.0. The smallest absolute Gasteiger partial charge is 0.263 e. The lowest BCUT2D eigenvalue weighted by Crippen LogP contribution is -2.14. The number of aryl methyl sites for hydroxylation is 1. The largest absolute Gasteiger partial charge is 0.399 e. The molecule has 0 bridgehead atoms. The molecule has 100 valence electrons. The van der Waals surface area contributed by atoms with Crippen LogP contribution in [0, 0.1) is 6.92 Å². The summed E-state index contributed by atoms with van der Waals surface area (Å²) in [6.45, 7) is 1.80. The lowest BCUT2D eigenvalue weighted by Gasteiger charge is -2.12. The molecule has 2 rings (SSSR count). The van der Waals surface area contributed by atoms with Crippen LogP contribution in [0.25, 0.3) is 0 Å². The molecular weight excluding hydrogens is 284 g/mol. The summed E-state index contributed by atoms with van der Waals surface area (Å²) in [5.74, 6) is 0. The first-order valence-corrected chi connectivity index (χ1v) is 7.40. The van der Waals surface area contributed by atoms with Crippen LogP contribution in [0.2, 0.25) is 5.02 Å². The fraction of sp³-hybridized carbons (Fsp3) is 0.0769. The second kappa shape index (κ2) is 5.11. The van der Waals surface area contributed by atoms with Gasteiger partial charge < -0.3 is 5.73 Å². The molecule has 0 aliphatic heterocycles. The van der Waals surface area contributed by atoms with E-state index in [-0.39, 0.29) is 9.92 Å². The van der Waals surface area contributed by atoms with Gasteiger partial charge in [-0.15, -0.1) is 0 Å². The monoisotopic (exact) mass is 296 g/mol. The molecule has 0 atom stereocenters. The van der Waals surface area contributed by atoms with Crippen LogP contribution in [-0.2, 0) is 10.0 Å². The lowest BCUT2D eigenvalue weighted by atomic mass is 10.2. The summed E-state index contributed by atoms with van der Waals surface area (Å²) in [5, 5.41) is 0.177. The fourth-order valence-electron chi connectivity index (χ4n) is 1.61. The zero-order valence-electron chi connectivity index (χ0n) is 10.2. The molecular formula is C13H13ClN2O2S. The van der Waals surface area contributed by atoms with Crippen LogP contribution in [0.15, 0.2) is 47.4 Å². The molecule has 0 fully saturated rings. The number of benzene rings is 2. The van der Waals surface area contributed by atoms with E-state index in [2.05, 4.69) is 4.72 Å². The van der Waals surface area contributed by atoms with Crippen molar-refractivity contribution < 1.29 is 8.42 Å². The Morgan fingerprint density at radius 1 is 1.16 bits per heavy atom. The summed E-state index contributed by atoms with van der Waals surface area (Å²) in [7, 11) is -3.72. The van der Waals surface area contributed by atoms with Gasteiger partial charge in [-0.1, -0.05) is 29.8 Å². The summed E-state index contributed by atoms with van der Waals surface area (Å²) in [6.07, 6.45) is 0. The first-order valence-electron chi connectivity index (χ1n) is 5.53. The Balaban J connectivity index is 2.43. The molecule has 2 aromatic rings.